The number of nitro groups is 1. The minimum Gasteiger partial charge on any atom is -0.385 e. The first kappa shape index (κ1) is 23.9. The number of nitro benzene ring substituents is 1. The normalized spacial score (nSPS) is 17.3. The molecule has 2 aliphatic rings. The summed E-state index contributed by atoms with van der Waals surface area (Å²) in [4.78, 5) is 41.9. The average Bonchev–Trinajstić information content (AvgIpc) is 2.82. The Bertz CT molecular complexity index is 806. The average molecular weight is 450 g/mol. The number of nitrogens with zero attached hydrogens (tertiary/aromatic N) is 4. The largest absolute Gasteiger partial charge is 0.385 e. The van der Waals surface area contributed by atoms with Crippen molar-refractivity contribution in [1.29, 1.82) is 0 Å². The van der Waals surface area contributed by atoms with Crippen LogP contribution in [0.1, 0.15) is 16.8 Å². The van der Waals surface area contributed by atoms with E-state index in [9.17, 15) is 19.7 Å². The Balaban J connectivity index is 1.61. The van der Waals surface area contributed by atoms with Crippen molar-refractivity contribution in [2.45, 2.75) is 6.42 Å². The molecule has 176 valence electrons. The Kier molecular flexibility index (Phi) is 8.77. The maximum atomic E-state index is 13.3. The zero-order chi connectivity index (χ0) is 22.9. The summed E-state index contributed by atoms with van der Waals surface area (Å²) in [6.07, 6.45) is 0.763. The molecule has 2 aliphatic heterocycles. The van der Waals surface area contributed by atoms with Gasteiger partial charge in [-0.3, -0.25) is 24.6 Å². The van der Waals surface area contributed by atoms with Crippen LogP contribution in [0.15, 0.2) is 18.2 Å². The van der Waals surface area contributed by atoms with Crippen LogP contribution in [-0.2, 0) is 14.3 Å². The molecule has 0 atom stereocenters. The van der Waals surface area contributed by atoms with E-state index in [0.29, 0.717) is 76.9 Å². The molecule has 1 aromatic rings. The number of piperazine rings is 1. The van der Waals surface area contributed by atoms with Crippen molar-refractivity contribution in [3.63, 3.8) is 0 Å². The Hall–Kier alpha value is -2.76. The van der Waals surface area contributed by atoms with Gasteiger partial charge in [0.1, 0.15) is 0 Å². The van der Waals surface area contributed by atoms with E-state index in [2.05, 4.69) is 5.32 Å². The third kappa shape index (κ3) is 6.38. The second-order valence-electron chi connectivity index (χ2n) is 7.82. The lowest BCUT2D eigenvalue weighted by Crippen LogP contribution is -2.51. The number of benzene rings is 1. The minimum absolute atomic E-state index is 0.0471. The van der Waals surface area contributed by atoms with Crippen LogP contribution in [0.5, 0.6) is 0 Å². The van der Waals surface area contributed by atoms with Crippen molar-refractivity contribution < 1.29 is 24.0 Å². The smallest absolute Gasteiger partial charge is 0.270 e. The molecule has 11 heteroatoms. The summed E-state index contributed by atoms with van der Waals surface area (Å²) in [5, 5.41) is 14.2. The molecular weight excluding hydrogens is 418 g/mol. The Labute approximate surface area is 187 Å². The molecule has 2 saturated heterocycles. The summed E-state index contributed by atoms with van der Waals surface area (Å²) in [5.74, 6) is -0.270. The van der Waals surface area contributed by atoms with Crippen LogP contribution in [0.25, 0.3) is 0 Å². The van der Waals surface area contributed by atoms with Gasteiger partial charge in [-0.05, 0) is 12.5 Å². The van der Waals surface area contributed by atoms with E-state index in [1.165, 1.54) is 12.1 Å². The lowest BCUT2D eigenvalue weighted by atomic mass is 10.1. The maximum Gasteiger partial charge on any atom is 0.270 e. The fourth-order valence-electron chi connectivity index (χ4n) is 3.87. The van der Waals surface area contributed by atoms with E-state index in [4.69, 9.17) is 9.47 Å². The number of amides is 2. The third-order valence-corrected chi connectivity index (χ3v) is 5.65. The van der Waals surface area contributed by atoms with Crippen LogP contribution >= 0.6 is 0 Å². The highest BCUT2D eigenvalue weighted by Crippen LogP contribution is 2.28. The molecule has 2 amide bonds. The molecular formula is C21H31N5O6. The van der Waals surface area contributed by atoms with Gasteiger partial charge in [-0.15, -0.1) is 0 Å². The number of carbonyl (C=O) groups is 2. The fraction of sp³-hybridized carbons (Fsp3) is 0.619. The van der Waals surface area contributed by atoms with Gasteiger partial charge in [-0.2, -0.15) is 0 Å². The Morgan fingerprint density at radius 2 is 1.88 bits per heavy atom. The van der Waals surface area contributed by atoms with Gasteiger partial charge >= 0.3 is 0 Å². The SMILES string of the molecule is COCCCNC(=O)CN1CCN(C(=O)c2cc([N+](=O)[O-])ccc2N2CCOCC2)CC1. The first-order valence-corrected chi connectivity index (χ1v) is 10.9. The summed E-state index contributed by atoms with van der Waals surface area (Å²) >= 11 is 0. The molecule has 0 spiro atoms. The summed E-state index contributed by atoms with van der Waals surface area (Å²) in [6, 6.07) is 4.46. The highest BCUT2D eigenvalue weighted by atomic mass is 16.6. The van der Waals surface area contributed by atoms with Gasteiger partial charge < -0.3 is 24.6 Å². The molecule has 2 heterocycles. The van der Waals surface area contributed by atoms with Crippen LogP contribution in [0.3, 0.4) is 0 Å². The Morgan fingerprint density at radius 1 is 1.16 bits per heavy atom. The van der Waals surface area contributed by atoms with Crippen molar-refractivity contribution in [2.24, 2.45) is 0 Å². The van der Waals surface area contributed by atoms with E-state index in [1.54, 1.807) is 18.1 Å². The number of anilines is 1. The number of rotatable bonds is 9. The van der Waals surface area contributed by atoms with Gasteiger partial charge in [0.05, 0.1) is 35.9 Å². The van der Waals surface area contributed by atoms with Crippen LogP contribution in [0.4, 0.5) is 11.4 Å². The molecule has 0 bridgehead atoms. The molecule has 32 heavy (non-hydrogen) atoms. The van der Waals surface area contributed by atoms with Crippen LogP contribution in [0.2, 0.25) is 0 Å². The third-order valence-electron chi connectivity index (χ3n) is 5.65. The van der Waals surface area contributed by atoms with Crippen molar-refractivity contribution in [2.75, 3.05) is 84.2 Å². The molecule has 0 aromatic heterocycles. The van der Waals surface area contributed by atoms with Crippen LogP contribution in [0, 0.1) is 10.1 Å². The van der Waals surface area contributed by atoms with E-state index in [-0.39, 0.29) is 24.0 Å². The van der Waals surface area contributed by atoms with Gasteiger partial charge in [0, 0.05) is 71.7 Å². The number of non-ortho nitro benzene ring substituents is 1. The van der Waals surface area contributed by atoms with Gasteiger partial charge in [0.25, 0.3) is 11.6 Å². The van der Waals surface area contributed by atoms with Crippen LogP contribution in [-0.4, -0.2) is 106 Å². The van der Waals surface area contributed by atoms with Gasteiger partial charge in [0.2, 0.25) is 5.91 Å². The van der Waals surface area contributed by atoms with Gasteiger partial charge in [-0.25, -0.2) is 0 Å². The summed E-state index contributed by atoms with van der Waals surface area (Å²) in [5.41, 5.74) is 0.932. The number of hydrogen-bond acceptors (Lipinski definition) is 8. The lowest BCUT2D eigenvalue weighted by Gasteiger charge is -2.36. The second-order valence-corrected chi connectivity index (χ2v) is 7.82. The van der Waals surface area contributed by atoms with E-state index >= 15 is 0 Å². The monoisotopic (exact) mass is 449 g/mol. The molecule has 1 aromatic carbocycles. The molecule has 0 radical (unpaired) electrons. The molecule has 3 rings (SSSR count). The standard InChI is InChI=1S/C21H31N5O6/c1-31-12-2-5-22-20(27)16-23-6-8-25(9-7-23)21(28)18-15-17(26(29)30)3-4-19(18)24-10-13-32-14-11-24/h3-4,15H,2,5-14,16H2,1H3,(H,22,27). The number of hydrogen-bond donors (Lipinski definition) is 1. The number of methoxy groups -OCH3 is 1. The quantitative estimate of drug-likeness (QED) is 0.326. The van der Waals surface area contributed by atoms with Gasteiger partial charge in [-0.1, -0.05) is 0 Å². The maximum absolute atomic E-state index is 13.3. The van der Waals surface area contributed by atoms with Crippen molar-refractivity contribution >= 4 is 23.2 Å². The van der Waals surface area contributed by atoms with E-state index in [0.717, 1.165) is 6.42 Å². The minimum atomic E-state index is -0.483. The van der Waals surface area contributed by atoms with Crippen molar-refractivity contribution in [3.05, 3.63) is 33.9 Å². The number of carbonyl (C=O) groups excluding carboxylic acids is 2. The highest BCUT2D eigenvalue weighted by Gasteiger charge is 2.28. The molecule has 0 aliphatic carbocycles. The number of ether oxygens (including phenoxy) is 2. The molecule has 0 unspecified atom stereocenters. The molecule has 0 saturated carbocycles. The lowest BCUT2D eigenvalue weighted by molar-refractivity contribution is -0.384. The fourth-order valence-corrected chi connectivity index (χ4v) is 3.87. The van der Waals surface area contributed by atoms with E-state index in [1.807, 2.05) is 9.80 Å². The summed E-state index contributed by atoms with van der Waals surface area (Å²) < 4.78 is 10.4. The zero-order valence-corrected chi connectivity index (χ0v) is 18.5. The molecule has 11 nitrogen and oxygen atoms in total. The van der Waals surface area contributed by atoms with E-state index < -0.39 is 4.92 Å². The van der Waals surface area contributed by atoms with Gasteiger partial charge in [0.15, 0.2) is 0 Å². The predicted molar refractivity (Wildman–Crippen MR) is 118 cm³/mol. The summed E-state index contributed by atoms with van der Waals surface area (Å²) in [7, 11) is 1.63. The highest BCUT2D eigenvalue weighted by molar-refractivity contribution is 6.00. The number of nitrogens with one attached hydrogen (secondary N) is 1. The Morgan fingerprint density at radius 3 is 2.53 bits per heavy atom. The first-order valence-electron chi connectivity index (χ1n) is 10.9. The van der Waals surface area contributed by atoms with Crippen molar-refractivity contribution in [1.82, 2.24) is 15.1 Å². The molecule has 2 fully saturated rings. The van der Waals surface area contributed by atoms with Crippen LogP contribution < -0.4 is 10.2 Å². The predicted octanol–water partition coefficient (Wildman–Crippen LogP) is 0.342. The topological polar surface area (TPSA) is 117 Å². The number of morpholine rings is 1. The zero-order valence-electron chi connectivity index (χ0n) is 18.5. The summed E-state index contributed by atoms with van der Waals surface area (Å²) in [6.45, 7) is 5.88. The first-order chi connectivity index (χ1) is 15.5. The van der Waals surface area contributed by atoms with Crippen molar-refractivity contribution in [3.8, 4) is 0 Å². The molecule has 1 N–H and O–H groups in total. The second kappa shape index (κ2) is 11.7.